The monoisotopic (exact) mass is 347 g/mol. The van der Waals surface area contributed by atoms with Gasteiger partial charge in [-0.05, 0) is 31.0 Å². The minimum atomic E-state index is -0.318. The number of methoxy groups -OCH3 is 2. The molecule has 2 rings (SSSR count). The van der Waals surface area contributed by atoms with E-state index in [4.69, 9.17) is 18.6 Å². The highest BCUT2D eigenvalue weighted by Crippen LogP contribution is 2.27. The van der Waals surface area contributed by atoms with Crippen molar-refractivity contribution in [2.75, 3.05) is 27.4 Å². The highest BCUT2D eigenvalue weighted by molar-refractivity contribution is 5.77. The fourth-order valence-electron chi connectivity index (χ4n) is 2.24. The van der Waals surface area contributed by atoms with E-state index in [-0.39, 0.29) is 23.7 Å². The Morgan fingerprint density at radius 1 is 1.16 bits per heavy atom. The van der Waals surface area contributed by atoms with Gasteiger partial charge in [0, 0.05) is 12.6 Å². The van der Waals surface area contributed by atoms with Crippen LogP contribution >= 0.6 is 0 Å². The summed E-state index contributed by atoms with van der Waals surface area (Å²) in [5.41, 5.74) is 0.681. The molecule has 2 aromatic rings. The molecule has 134 valence electrons. The van der Waals surface area contributed by atoms with Gasteiger partial charge in [0.2, 0.25) is 11.2 Å². The maximum atomic E-state index is 11.8. The number of amides is 1. The molecule has 0 spiro atoms. The smallest absolute Gasteiger partial charge is 0.257 e. The van der Waals surface area contributed by atoms with Crippen molar-refractivity contribution in [2.45, 2.75) is 13.3 Å². The molecule has 0 aliphatic rings. The molecule has 25 heavy (non-hydrogen) atoms. The summed E-state index contributed by atoms with van der Waals surface area (Å²) >= 11 is 0. The van der Waals surface area contributed by atoms with Crippen LogP contribution in [0, 0.1) is 6.92 Å². The number of ether oxygens (including phenoxy) is 3. The summed E-state index contributed by atoms with van der Waals surface area (Å²) in [5, 5.41) is 2.74. The van der Waals surface area contributed by atoms with Crippen LogP contribution in [0.4, 0.5) is 0 Å². The first-order valence-electron chi connectivity index (χ1n) is 7.74. The van der Waals surface area contributed by atoms with E-state index in [2.05, 4.69) is 5.32 Å². The summed E-state index contributed by atoms with van der Waals surface area (Å²) < 4.78 is 20.7. The van der Waals surface area contributed by atoms with Crippen LogP contribution in [0.2, 0.25) is 0 Å². The molecule has 7 nitrogen and oxygen atoms in total. The Kier molecular flexibility index (Phi) is 6.45. The van der Waals surface area contributed by atoms with Crippen LogP contribution in [-0.4, -0.2) is 33.3 Å². The van der Waals surface area contributed by atoms with Gasteiger partial charge in [0.15, 0.2) is 18.1 Å². The van der Waals surface area contributed by atoms with Gasteiger partial charge < -0.3 is 23.9 Å². The molecule has 1 aromatic heterocycles. The van der Waals surface area contributed by atoms with E-state index < -0.39 is 0 Å². The van der Waals surface area contributed by atoms with E-state index in [9.17, 15) is 9.59 Å². The summed E-state index contributed by atoms with van der Waals surface area (Å²) in [6.07, 6.45) is 1.91. The van der Waals surface area contributed by atoms with Crippen LogP contribution in [0.1, 0.15) is 11.3 Å². The molecule has 0 aliphatic carbocycles. The predicted molar refractivity (Wildman–Crippen MR) is 91.5 cm³/mol. The molecule has 1 N–H and O–H groups in total. The largest absolute Gasteiger partial charge is 0.493 e. The Morgan fingerprint density at radius 2 is 1.92 bits per heavy atom. The molecule has 1 amide bonds. The quantitative estimate of drug-likeness (QED) is 0.782. The molecular formula is C18H21NO6. The Bertz CT molecular complexity index is 783. The molecular weight excluding hydrogens is 326 g/mol. The summed E-state index contributed by atoms with van der Waals surface area (Å²) in [6, 6.07) is 6.83. The fourth-order valence-corrected chi connectivity index (χ4v) is 2.24. The van der Waals surface area contributed by atoms with Gasteiger partial charge in [-0.3, -0.25) is 9.59 Å². The third kappa shape index (κ3) is 5.00. The molecule has 0 fully saturated rings. The van der Waals surface area contributed by atoms with E-state index in [0.29, 0.717) is 30.2 Å². The summed E-state index contributed by atoms with van der Waals surface area (Å²) in [5.74, 6) is 1.37. The van der Waals surface area contributed by atoms with Crippen molar-refractivity contribution >= 4 is 5.91 Å². The van der Waals surface area contributed by atoms with Gasteiger partial charge in [-0.15, -0.1) is 0 Å². The second-order valence-electron chi connectivity index (χ2n) is 5.25. The van der Waals surface area contributed by atoms with Gasteiger partial charge in [0.1, 0.15) is 5.76 Å². The average molecular weight is 347 g/mol. The number of nitrogens with one attached hydrogen (secondary N) is 1. The number of aryl methyl sites for hydroxylation is 1. The topological polar surface area (TPSA) is 87.0 Å². The number of carbonyl (C=O) groups excluding carboxylic acids is 1. The molecule has 0 saturated carbocycles. The Morgan fingerprint density at radius 3 is 2.60 bits per heavy atom. The Balaban J connectivity index is 1.82. The van der Waals surface area contributed by atoms with Gasteiger partial charge in [0.25, 0.3) is 5.91 Å². The maximum Gasteiger partial charge on any atom is 0.257 e. The number of hydrogen-bond donors (Lipinski definition) is 1. The SMILES string of the molecule is COc1ccc(CCNC(=O)COc2c(C)occc2=O)cc1OC. The van der Waals surface area contributed by atoms with Gasteiger partial charge in [-0.2, -0.15) is 0 Å². The number of carbonyl (C=O) groups is 1. The summed E-state index contributed by atoms with van der Waals surface area (Å²) in [6.45, 7) is 1.79. The van der Waals surface area contributed by atoms with E-state index >= 15 is 0 Å². The molecule has 0 aliphatic heterocycles. The fraction of sp³-hybridized carbons (Fsp3) is 0.333. The minimum absolute atomic E-state index is 0.0533. The zero-order valence-electron chi connectivity index (χ0n) is 14.5. The normalized spacial score (nSPS) is 10.2. The van der Waals surface area contributed by atoms with E-state index in [0.717, 1.165) is 5.56 Å². The van der Waals surface area contributed by atoms with Gasteiger partial charge in [0.05, 0.1) is 20.5 Å². The second-order valence-corrected chi connectivity index (χ2v) is 5.25. The van der Waals surface area contributed by atoms with Crippen molar-refractivity contribution in [2.24, 2.45) is 0 Å². The highest BCUT2D eigenvalue weighted by Gasteiger charge is 2.10. The van der Waals surface area contributed by atoms with Crippen LogP contribution in [0.25, 0.3) is 0 Å². The van der Waals surface area contributed by atoms with Crippen molar-refractivity contribution in [1.82, 2.24) is 5.32 Å². The number of rotatable bonds is 8. The summed E-state index contributed by atoms with van der Waals surface area (Å²) in [4.78, 5) is 23.5. The van der Waals surface area contributed by atoms with Crippen LogP contribution in [0.5, 0.6) is 17.2 Å². The number of benzene rings is 1. The van der Waals surface area contributed by atoms with Crippen LogP contribution in [0.15, 0.2) is 39.7 Å². The lowest BCUT2D eigenvalue weighted by atomic mass is 10.1. The zero-order valence-corrected chi connectivity index (χ0v) is 14.5. The second kappa shape index (κ2) is 8.77. The van der Waals surface area contributed by atoms with Gasteiger partial charge >= 0.3 is 0 Å². The van der Waals surface area contributed by atoms with Crippen LogP contribution in [0.3, 0.4) is 0 Å². The molecule has 0 bridgehead atoms. The Hall–Kier alpha value is -2.96. The van der Waals surface area contributed by atoms with Gasteiger partial charge in [-0.25, -0.2) is 0 Å². The first-order chi connectivity index (χ1) is 12.0. The van der Waals surface area contributed by atoms with E-state index in [1.165, 1.54) is 12.3 Å². The predicted octanol–water partition coefficient (Wildman–Crippen LogP) is 1.70. The lowest BCUT2D eigenvalue weighted by molar-refractivity contribution is -0.123. The molecule has 0 unspecified atom stereocenters. The van der Waals surface area contributed by atoms with Crippen LogP contribution < -0.4 is 25.0 Å². The van der Waals surface area contributed by atoms with Crippen molar-refractivity contribution in [1.29, 1.82) is 0 Å². The highest BCUT2D eigenvalue weighted by atomic mass is 16.5. The van der Waals surface area contributed by atoms with Gasteiger partial charge in [-0.1, -0.05) is 6.07 Å². The van der Waals surface area contributed by atoms with Crippen molar-refractivity contribution < 1.29 is 23.4 Å². The Labute approximate surface area is 145 Å². The molecule has 0 atom stereocenters. The average Bonchev–Trinajstić information content (AvgIpc) is 2.61. The van der Waals surface area contributed by atoms with E-state index in [1.807, 2.05) is 18.2 Å². The summed E-state index contributed by atoms with van der Waals surface area (Å²) in [7, 11) is 3.15. The van der Waals surface area contributed by atoms with Crippen molar-refractivity contribution in [3.05, 3.63) is 52.1 Å². The van der Waals surface area contributed by atoms with Crippen molar-refractivity contribution in [3.63, 3.8) is 0 Å². The minimum Gasteiger partial charge on any atom is -0.493 e. The molecule has 1 heterocycles. The molecule has 0 radical (unpaired) electrons. The third-order valence-corrected chi connectivity index (χ3v) is 3.54. The van der Waals surface area contributed by atoms with Crippen molar-refractivity contribution in [3.8, 4) is 17.2 Å². The van der Waals surface area contributed by atoms with Crippen LogP contribution in [-0.2, 0) is 11.2 Å². The molecule has 7 heteroatoms. The first-order valence-corrected chi connectivity index (χ1v) is 7.74. The first kappa shape index (κ1) is 18.4. The number of hydrogen-bond acceptors (Lipinski definition) is 6. The zero-order chi connectivity index (χ0) is 18.2. The maximum absolute atomic E-state index is 11.8. The molecule has 1 aromatic carbocycles. The standard InChI is InChI=1S/C18H21NO6/c1-12-18(14(20)7-9-24-12)25-11-17(21)19-8-6-13-4-5-15(22-2)16(10-13)23-3/h4-5,7,9-10H,6,8,11H2,1-3H3,(H,19,21). The third-order valence-electron chi connectivity index (χ3n) is 3.54. The van der Waals surface area contributed by atoms with E-state index in [1.54, 1.807) is 21.1 Å². The lowest BCUT2D eigenvalue weighted by Crippen LogP contribution is -2.31. The molecule has 0 saturated heterocycles. The lowest BCUT2D eigenvalue weighted by Gasteiger charge is -2.10.